The molecule has 0 radical (unpaired) electrons. The SMILES string of the molecule is CCC(C)NC(=O)n1nc(-c2cc(NC(=O)C3CC3)ccc2O)cc1C1CCC1. The average molecular weight is 396 g/mol. The summed E-state index contributed by atoms with van der Waals surface area (Å²) in [4.78, 5) is 24.8. The van der Waals surface area contributed by atoms with E-state index in [2.05, 4.69) is 15.7 Å². The Morgan fingerprint density at radius 3 is 2.62 bits per heavy atom. The van der Waals surface area contributed by atoms with Gasteiger partial charge >= 0.3 is 6.03 Å². The molecule has 7 heteroatoms. The average Bonchev–Trinajstić information content (AvgIpc) is 3.42. The van der Waals surface area contributed by atoms with Crippen LogP contribution in [0.15, 0.2) is 24.3 Å². The van der Waals surface area contributed by atoms with Crippen LogP contribution in [-0.2, 0) is 4.79 Å². The van der Waals surface area contributed by atoms with Gasteiger partial charge in [0.1, 0.15) is 5.75 Å². The number of nitrogens with zero attached hydrogens (tertiary/aromatic N) is 2. The highest BCUT2D eigenvalue weighted by Crippen LogP contribution is 2.39. The van der Waals surface area contributed by atoms with Crippen molar-refractivity contribution < 1.29 is 14.7 Å². The predicted molar refractivity (Wildman–Crippen MR) is 111 cm³/mol. The van der Waals surface area contributed by atoms with Gasteiger partial charge in [0.05, 0.1) is 11.4 Å². The third-order valence-electron chi connectivity index (χ3n) is 5.92. The fourth-order valence-corrected chi connectivity index (χ4v) is 3.47. The number of phenolic OH excluding ortho intramolecular Hbond substituents is 1. The molecule has 3 N–H and O–H groups in total. The van der Waals surface area contributed by atoms with E-state index in [9.17, 15) is 14.7 Å². The van der Waals surface area contributed by atoms with Crippen molar-refractivity contribution in [3.05, 3.63) is 30.0 Å². The molecule has 1 heterocycles. The summed E-state index contributed by atoms with van der Waals surface area (Å²) < 4.78 is 1.44. The van der Waals surface area contributed by atoms with Gasteiger partial charge in [-0.2, -0.15) is 9.78 Å². The second kappa shape index (κ2) is 7.89. The van der Waals surface area contributed by atoms with E-state index in [-0.39, 0.29) is 29.6 Å². The molecule has 2 aromatic rings. The number of benzene rings is 1. The first-order valence-electron chi connectivity index (χ1n) is 10.5. The Balaban J connectivity index is 1.65. The number of aromatic hydroxyl groups is 1. The van der Waals surface area contributed by atoms with Gasteiger partial charge in [0.2, 0.25) is 5.91 Å². The fourth-order valence-electron chi connectivity index (χ4n) is 3.47. The molecule has 0 bridgehead atoms. The maximum absolute atomic E-state index is 12.8. The van der Waals surface area contributed by atoms with Crippen molar-refractivity contribution >= 4 is 17.6 Å². The normalized spacial score (nSPS) is 17.4. The lowest BCUT2D eigenvalue weighted by atomic mass is 9.82. The van der Waals surface area contributed by atoms with Crippen LogP contribution in [0.3, 0.4) is 0 Å². The molecular formula is C22H28N4O3. The Kier molecular flexibility index (Phi) is 5.30. The zero-order valence-corrected chi connectivity index (χ0v) is 16.9. The Hall–Kier alpha value is -2.83. The van der Waals surface area contributed by atoms with E-state index in [4.69, 9.17) is 0 Å². The summed E-state index contributed by atoms with van der Waals surface area (Å²) in [7, 11) is 0. The molecule has 29 heavy (non-hydrogen) atoms. The quantitative estimate of drug-likeness (QED) is 0.637. The van der Waals surface area contributed by atoms with E-state index < -0.39 is 0 Å². The monoisotopic (exact) mass is 396 g/mol. The van der Waals surface area contributed by atoms with Crippen molar-refractivity contribution in [3.63, 3.8) is 0 Å². The summed E-state index contributed by atoms with van der Waals surface area (Å²) in [5.41, 5.74) is 2.54. The van der Waals surface area contributed by atoms with Crippen molar-refractivity contribution in [1.29, 1.82) is 0 Å². The number of carbonyl (C=O) groups excluding carboxylic acids is 2. The number of amides is 2. The van der Waals surface area contributed by atoms with Gasteiger partial charge in [-0.3, -0.25) is 4.79 Å². The Morgan fingerprint density at radius 2 is 2.00 bits per heavy atom. The topological polar surface area (TPSA) is 96.3 Å². The first-order chi connectivity index (χ1) is 14.0. The molecule has 2 fully saturated rings. The van der Waals surface area contributed by atoms with Gasteiger partial charge in [0.15, 0.2) is 0 Å². The van der Waals surface area contributed by atoms with Gasteiger partial charge in [0.25, 0.3) is 0 Å². The van der Waals surface area contributed by atoms with Crippen LogP contribution in [0.2, 0.25) is 0 Å². The third kappa shape index (κ3) is 4.13. The van der Waals surface area contributed by atoms with Crippen molar-refractivity contribution in [2.75, 3.05) is 5.32 Å². The van der Waals surface area contributed by atoms with E-state index in [1.165, 1.54) is 4.68 Å². The highest BCUT2D eigenvalue weighted by Gasteiger charge is 2.30. The lowest BCUT2D eigenvalue weighted by molar-refractivity contribution is -0.117. The van der Waals surface area contributed by atoms with E-state index in [0.717, 1.165) is 44.2 Å². The Morgan fingerprint density at radius 1 is 1.24 bits per heavy atom. The number of hydrogen-bond acceptors (Lipinski definition) is 4. The standard InChI is InChI=1S/C22H28N4O3/c1-3-13(2)23-22(29)26-19(14-5-4-6-14)12-18(25-26)17-11-16(9-10-20(17)27)24-21(28)15-7-8-15/h9-15,27H,3-8H2,1-2H3,(H,23,29)(H,24,28). The number of nitrogens with one attached hydrogen (secondary N) is 2. The largest absolute Gasteiger partial charge is 0.507 e. The van der Waals surface area contributed by atoms with Crippen molar-refractivity contribution in [1.82, 2.24) is 15.1 Å². The van der Waals surface area contributed by atoms with E-state index in [1.807, 2.05) is 19.9 Å². The van der Waals surface area contributed by atoms with Crippen molar-refractivity contribution in [3.8, 4) is 17.0 Å². The second-order valence-corrected chi connectivity index (χ2v) is 8.25. The summed E-state index contributed by atoms with van der Waals surface area (Å²) in [6.07, 6.45) is 5.90. The number of rotatable bonds is 6. The van der Waals surface area contributed by atoms with Crippen LogP contribution >= 0.6 is 0 Å². The van der Waals surface area contributed by atoms with Crippen LogP contribution in [0.25, 0.3) is 11.3 Å². The molecule has 1 aromatic heterocycles. The smallest absolute Gasteiger partial charge is 0.342 e. The molecule has 4 rings (SSSR count). The molecule has 2 aliphatic carbocycles. The van der Waals surface area contributed by atoms with Crippen LogP contribution < -0.4 is 10.6 Å². The number of phenols is 1. The molecule has 1 aromatic carbocycles. The first-order valence-corrected chi connectivity index (χ1v) is 10.5. The van der Waals surface area contributed by atoms with Gasteiger partial charge in [-0.1, -0.05) is 13.3 Å². The highest BCUT2D eigenvalue weighted by atomic mass is 16.3. The molecule has 1 unspecified atom stereocenters. The second-order valence-electron chi connectivity index (χ2n) is 8.25. The van der Waals surface area contributed by atoms with Crippen molar-refractivity contribution in [2.45, 2.75) is 64.3 Å². The maximum Gasteiger partial charge on any atom is 0.342 e. The minimum atomic E-state index is -0.245. The van der Waals surface area contributed by atoms with E-state index >= 15 is 0 Å². The molecule has 2 aliphatic rings. The van der Waals surface area contributed by atoms with Crippen LogP contribution in [0.1, 0.15) is 64.0 Å². The Labute approximate surface area is 170 Å². The zero-order chi connectivity index (χ0) is 20.5. The zero-order valence-electron chi connectivity index (χ0n) is 16.9. The van der Waals surface area contributed by atoms with E-state index in [0.29, 0.717) is 22.9 Å². The van der Waals surface area contributed by atoms with Crippen LogP contribution in [0, 0.1) is 5.92 Å². The van der Waals surface area contributed by atoms with Crippen LogP contribution in [-0.4, -0.2) is 32.9 Å². The third-order valence-corrected chi connectivity index (χ3v) is 5.92. The van der Waals surface area contributed by atoms with Gasteiger partial charge in [-0.25, -0.2) is 4.79 Å². The Bertz CT molecular complexity index is 928. The lowest BCUT2D eigenvalue weighted by Crippen LogP contribution is -2.37. The summed E-state index contributed by atoms with van der Waals surface area (Å²) >= 11 is 0. The van der Waals surface area contributed by atoms with Gasteiger partial charge in [-0.05, 0) is 63.3 Å². The first kappa shape index (κ1) is 19.5. The maximum atomic E-state index is 12.8. The molecule has 1 atom stereocenters. The molecule has 2 amide bonds. The number of hydrogen-bond donors (Lipinski definition) is 3. The minimum absolute atomic E-state index is 0.00950. The summed E-state index contributed by atoms with van der Waals surface area (Å²) in [5, 5.41) is 20.8. The summed E-state index contributed by atoms with van der Waals surface area (Å²) in [6.45, 7) is 3.98. The molecule has 154 valence electrons. The predicted octanol–water partition coefficient (Wildman–Crippen LogP) is 4.23. The van der Waals surface area contributed by atoms with Crippen LogP contribution in [0.5, 0.6) is 5.75 Å². The highest BCUT2D eigenvalue weighted by molar-refractivity contribution is 5.95. The number of anilines is 1. The number of carbonyl (C=O) groups is 2. The van der Waals surface area contributed by atoms with Gasteiger partial charge in [-0.15, -0.1) is 0 Å². The summed E-state index contributed by atoms with van der Waals surface area (Å²) in [5.74, 6) is 0.483. The fraction of sp³-hybridized carbons (Fsp3) is 0.500. The van der Waals surface area contributed by atoms with Crippen molar-refractivity contribution in [2.24, 2.45) is 5.92 Å². The molecule has 0 aliphatic heterocycles. The molecule has 7 nitrogen and oxygen atoms in total. The van der Waals surface area contributed by atoms with E-state index in [1.54, 1.807) is 18.2 Å². The molecule has 0 spiro atoms. The van der Waals surface area contributed by atoms with Gasteiger partial charge in [0, 0.05) is 29.1 Å². The van der Waals surface area contributed by atoms with Gasteiger partial charge < -0.3 is 15.7 Å². The lowest BCUT2D eigenvalue weighted by Gasteiger charge is -2.25. The molecule has 0 saturated heterocycles. The summed E-state index contributed by atoms with van der Waals surface area (Å²) in [6, 6.07) is 6.66. The molecule has 2 saturated carbocycles. The molecular weight excluding hydrogens is 368 g/mol. The minimum Gasteiger partial charge on any atom is -0.507 e. The number of aromatic nitrogens is 2. The van der Waals surface area contributed by atoms with Crippen LogP contribution in [0.4, 0.5) is 10.5 Å².